The molecule has 4 heteroatoms. The van der Waals surface area contributed by atoms with Gasteiger partial charge in [0.15, 0.2) is 0 Å². The van der Waals surface area contributed by atoms with Crippen molar-refractivity contribution in [2.24, 2.45) is 0 Å². The van der Waals surface area contributed by atoms with Gasteiger partial charge in [-0.1, -0.05) is 62.9 Å². The number of nitrogens with one attached hydrogen (secondary N) is 1. The van der Waals surface area contributed by atoms with Crippen LogP contribution in [0.4, 0.5) is 4.79 Å². The molecule has 0 aliphatic rings. The average Bonchev–Trinajstić information content (AvgIpc) is 2.58. The van der Waals surface area contributed by atoms with Crippen molar-refractivity contribution in [2.45, 2.75) is 32.8 Å². The summed E-state index contributed by atoms with van der Waals surface area (Å²) in [6, 6.07) is 14.8. The summed E-state index contributed by atoms with van der Waals surface area (Å²) in [5.41, 5.74) is 2.40. The number of rotatable bonds is 3. The van der Waals surface area contributed by atoms with E-state index in [0.717, 1.165) is 16.7 Å². The first-order chi connectivity index (χ1) is 11.9. The lowest BCUT2D eigenvalue weighted by Crippen LogP contribution is -2.24. The number of amides is 1. The first-order valence-electron chi connectivity index (χ1n) is 8.13. The largest absolute Gasteiger partial charge is 0.508 e. The number of hydrogen-bond donors (Lipinski definition) is 2. The van der Waals surface area contributed by atoms with Crippen LogP contribution in [0.25, 0.3) is 0 Å². The van der Waals surface area contributed by atoms with Gasteiger partial charge in [-0.05, 0) is 29.2 Å². The van der Waals surface area contributed by atoms with Crippen molar-refractivity contribution in [2.75, 3.05) is 6.54 Å². The highest BCUT2D eigenvalue weighted by Gasteiger charge is 2.17. The van der Waals surface area contributed by atoms with Gasteiger partial charge in [-0.2, -0.15) is 0 Å². The molecule has 2 N–H and O–H groups in total. The molecule has 0 unspecified atom stereocenters. The van der Waals surface area contributed by atoms with Gasteiger partial charge in [-0.3, -0.25) is 0 Å². The highest BCUT2D eigenvalue weighted by atomic mass is 16.5. The van der Waals surface area contributed by atoms with Gasteiger partial charge in [0.1, 0.15) is 12.4 Å². The molecule has 0 spiro atoms. The van der Waals surface area contributed by atoms with Crippen molar-refractivity contribution in [3.05, 3.63) is 65.2 Å². The molecule has 130 valence electrons. The lowest BCUT2D eigenvalue weighted by Gasteiger charge is -2.20. The van der Waals surface area contributed by atoms with Crippen LogP contribution >= 0.6 is 0 Å². The summed E-state index contributed by atoms with van der Waals surface area (Å²) in [6.45, 7) is 6.52. The molecule has 0 atom stereocenters. The van der Waals surface area contributed by atoms with Crippen molar-refractivity contribution in [1.82, 2.24) is 5.32 Å². The lowest BCUT2D eigenvalue weighted by molar-refractivity contribution is 0.141. The fourth-order valence-corrected chi connectivity index (χ4v) is 2.25. The molecule has 0 heterocycles. The minimum atomic E-state index is -0.501. The fourth-order valence-electron chi connectivity index (χ4n) is 2.25. The number of carbonyl (C=O) groups is 1. The van der Waals surface area contributed by atoms with E-state index < -0.39 is 6.09 Å². The van der Waals surface area contributed by atoms with Gasteiger partial charge in [-0.25, -0.2) is 4.79 Å². The van der Waals surface area contributed by atoms with E-state index >= 15 is 0 Å². The third-order valence-corrected chi connectivity index (χ3v) is 3.57. The van der Waals surface area contributed by atoms with Gasteiger partial charge < -0.3 is 15.2 Å². The van der Waals surface area contributed by atoms with E-state index in [1.54, 1.807) is 12.1 Å². The standard InChI is InChI=1S/C21H23NO3/c1-21(2,3)18-14-16(11-12-19(18)23)10-7-13-22-20(24)25-15-17-8-5-4-6-9-17/h4-6,8-9,11-12,14,23H,13,15H2,1-3H3,(H,22,24). The summed E-state index contributed by atoms with van der Waals surface area (Å²) in [5, 5.41) is 12.5. The second-order valence-electron chi connectivity index (χ2n) is 6.70. The molecule has 0 aliphatic carbocycles. The summed E-state index contributed by atoms with van der Waals surface area (Å²) >= 11 is 0. The Bertz CT molecular complexity index is 780. The Morgan fingerprint density at radius 1 is 1.16 bits per heavy atom. The first-order valence-corrected chi connectivity index (χ1v) is 8.13. The Morgan fingerprint density at radius 2 is 1.88 bits per heavy atom. The SMILES string of the molecule is CC(C)(C)c1cc(C#CCNC(=O)OCc2ccccc2)ccc1O. The zero-order valence-corrected chi connectivity index (χ0v) is 14.8. The van der Waals surface area contributed by atoms with Crippen LogP contribution < -0.4 is 5.32 Å². The molecule has 2 aromatic carbocycles. The summed E-state index contributed by atoms with van der Waals surface area (Å²) < 4.78 is 5.11. The van der Waals surface area contributed by atoms with Crippen LogP contribution in [0.5, 0.6) is 5.75 Å². The van der Waals surface area contributed by atoms with E-state index in [0.29, 0.717) is 0 Å². The number of hydrogen-bond acceptors (Lipinski definition) is 3. The topological polar surface area (TPSA) is 58.6 Å². The van der Waals surface area contributed by atoms with E-state index in [2.05, 4.69) is 17.2 Å². The number of phenolic OH excluding ortho intramolecular Hbond substituents is 1. The van der Waals surface area contributed by atoms with Crippen LogP contribution in [0.1, 0.15) is 37.5 Å². The highest BCUT2D eigenvalue weighted by molar-refractivity contribution is 5.67. The van der Waals surface area contributed by atoms with Gasteiger partial charge in [0.25, 0.3) is 0 Å². The number of phenols is 1. The fraction of sp³-hybridized carbons (Fsp3) is 0.286. The molecule has 25 heavy (non-hydrogen) atoms. The number of ether oxygens (including phenoxy) is 1. The summed E-state index contributed by atoms with van der Waals surface area (Å²) in [5.74, 6) is 6.13. The molecule has 0 aliphatic heterocycles. The molecule has 2 aromatic rings. The van der Waals surface area contributed by atoms with Crippen molar-refractivity contribution in [1.29, 1.82) is 0 Å². The molecular formula is C21H23NO3. The lowest BCUT2D eigenvalue weighted by atomic mass is 9.85. The Kier molecular flexibility index (Phi) is 6.08. The predicted molar refractivity (Wildman–Crippen MR) is 98.3 cm³/mol. The molecular weight excluding hydrogens is 314 g/mol. The molecule has 0 saturated carbocycles. The van der Waals surface area contributed by atoms with Gasteiger partial charge in [0, 0.05) is 11.1 Å². The summed E-state index contributed by atoms with van der Waals surface area (Å²) in [4.78, 5) is 11.6. The van der Waals surface area contributed by atoms with Gasteiger partial charge in [0.05, 0.1) is 6.54 Å². The molecule has 0 bridgehead atoms. The zero-order chi connectivity index (χ0) is 18.3. The molecule has 0 saturated heterocycles. The average molecular weight is 337 g/mol. The summed E-state index contributed by atoms with van der Waals surface area (Å²) in [7, 11) is 0. The van der Waals surface area contributed by atoms with Crippen LogP contribution in [0, 0.1) is 11.8 Å². The van der Waals surface area contributed by atoms with Crippen molar-refractivity contribution in [3.8, 4) is 17.6 Å². The van der Waals surface area contributed by atoms with E-state index in [1.807, 2.05) is 57.2 Å². The van der Waals surface area contributed by atoms with Gasteiger partial charge in [-0.15, -0.1) is 0 Å². The maximum absolute atomic E-state index is 11.6. The van der Waals surface area contributed by atoms with Crippen molar-refractivity contribution in [3.63, 3.8) is 0 Å². The minimum absolute atomic E-state index is 0.165. The van der Waals surface area contributed by atoms with Crippen molar-refractivity contribution >= 4 is 6.09 Å². The van der Waals surface area contributed by atoms with Gasteiger partial charge >= 0.3 is 6.09 Å². The quantitative estimate of drug-likeness (QED) is 0.833. The molecule has 2 rings (SSSR count). The molecule has 4 nitrogen and oxygen atoms in total. The third kappa shape index (κ3) is 5.89. The van der Waals surface area contributed by atoms with Gasteiger partial charge in [0.2, 0.25) is 0 Å². The molecule has 0 aromatic heterocycles. The second-order valence-corrected chi connectivity index (χ2v) is 6.70. The molecule has 0 fully saturated rings. The van der Waals surface area contributed by atoms with E-state index in [9.17, 15) is 9.90 Å². The number of aromatic hydroxyl groups is 1. The van der Waals surface area contributed by atoms with Crippen molar-refractivity contribution < 1.29 is 14.6 Å². The van der Waals surface area contributed by atoms with E-state index in [4.69, 9.17) is 4.74 Å². The monoisotopic (exact) mass is 337 g/mol. The van der Waals surface area contributed by atoms with Crippen LogP contribution in [-0.2, 0) is 16.8 Å². The number of benzene rings is 2. The Hall–Kier alpha value is -2.93. The maximum atomic E-state index is 11.6. The normalized spacial score (nSPS) is 10.5. The second kappa shape index (κ2) is 8.25. The van der Waals surface area contributed by atoms with Crippen LogP contribution in [0.3, 0.4) is 0 Å². The third-order valence-electron chi connectivity index (χ3n) is 3.57. The molecule has 0 radical (unpaired) electrons. The number of carbonyl (C=O) groups excluding carboxylic acids is 1. The first kappa shape index (κ1) is 18.4. The minimum Gasteiger partial charge on any atom is -0.508 e. The highest BCUT2D eigenvalue weighted by Crippen LogP contribution is 2.30. The molecule has 1 amide bonds. The predicted octanol–water partition coefficient (Wildman–Crippen LogP) is 3.97. The summed E-state index contributed by atoms with van der Waals surface area (Å²) in [6.07, 6.45) is -0.501. The Labute approximate surface area is 148 Å². The van der Waals surface area contributed by atoms with Crippen LogP contribution in [-0.4, -0.2) is 17.7 Å². The smallest absolute Gasteiger partial charge is 0.408 e. The Balaban J connectivity index is 1.85. The van der Waals surface area contributed by atoms with Crippen LogP contribution in [0.15, 0.2) is 48.5 Å². The van der Waals surface area contributed by atoms with E-state index in [-0.39, 0.29) is 24.3 Å². The van der Waals surface area contributed by atoms with E-state index in [1.165, 1.54) is 0 Å². The Morgan fingerprint density at radius 3 is 2.56 bits per heavy atom. The number of alkyl carbamates (subject to hydrolysis) is 1. The maximum Gasteiger partial charge on any atom is 0.408 e. The van der Waals surface area contributed by atoms with Crippen LogP contribution in [0.2, 0.25) is 0 Å². The zero-order valence-electron chi connectivity index (χ0n) is 14.8.